The average molecular weight is 500 g/mol. The molecule has 0 rings (SSSR count). The quantitative estimate of drug-likeness (QED) is 0.215. The van der Waals surface area contributed by atoms with Crippen LogP contribution in [0.5, 0.6) is 0 Å². The Kier molecular flexibility index (Phi) is 14.6. The van der Waals surface area contributed by atoms with Gasteiger partial charge in [0, 0.05) is 18.8 Å². The van der Waals surface area contributed by atoms with Crippen LogP contribution in [0.1, 0.15) is 87.0 Å². The van der Waals surface area contributed by atoms with E-state index in [2.05, 4.69) is 22.3 Å². The predicted octanol–water partition coefficient (Wildman–Crippen LogP) is 1.81. The second kappa shape index (κ2) is 15.6. The minimum Gasteiger partial charge on any atom is -0.467 e. The van der Waals surface area contributed by atoms with E-state index in [1.807, 2.05) is 20.8 Å². The number of unbranched alkanes of at least 4 members (excludes halogenated alkanes) is 2. The highest BCUT2D eigenvalue weighted by atomic mass is 16.5. The maximum absolute atomic E-state index is 13.2. The summed E-state index contributed by atoms with van der Waals surface area (Å²) >= 11 is 0. The van der Waals surface area contributed by atoms with E-state index in [9.17, 15) is 24.0 Å². The van der Waals surface area contributed by atoms with E-state index < -0.39 is 59.3 Å². The van der Waals surface area contributed by atoms with Gasteiger partial charge in [0.2, 0.25) is 11.8 Å². The standard InChI is InChI=1S/C25H45N3O7/c1-9-10-11-12-18(26)23(32)28-21(17(4)35-25(5,6)7)20(30)13-15(2)22(31)27-19(14-16(3)29)24(33)34-8/h15,17-19,21H,9-14,26H2,1-8H3,(H,27,31)(H,28,32)/t15-,17?,18+,19+,21+/m1/s1. The first-order chi connectivity index (χ1) is 16.1. The highest BCUT2D eigenvalue weighted by molar-refractivity contribution is 5.95. The number of Topliss-reactive ketones (excluding diaryl/α,β-unsaturated/α-hetero) is 2. The van der Waals surface area contributed by atoms with E-state index in [1.54, 1.807) is 6.92 Å². The Labute approximate surface area is 209 Å². The number of ketones is 2. The van der Waals surface area contributed by atoms with Crippen LogP contribution in [0.25, 0.3) is 0 Å². The van der Waals surface area contributed by atoms with Crippen LogP contribution in [0.2, 0.25) is 0 Å². The van der Waals surface area contributed by atoms with Gasteiger partial charge >= 0.3 is 5.97 Å². The van der Waals surface area contributed by atoms with Crippen LogP contribution in [0.15, 0.2) is 0 Å². The lowest BCUT2D eigenvalue weighted by Crippen LogP contribution is -2.55. The van der Waals surface area contributed by atoms with E-state index >= 15 is 0 Å². The number of amides is 2. The molecule has 0 aliphatic carbocycles. The first-order valence-corrected chi connectivity index (χ1v) is 12.3. The predicted molar refractivity (Wildman–Crippen MR) is 132 cm³/mol. The zero-order valence-electron chi connectivity index (χ0n) is 22.6. The molecule has 0 aromatic rings. The fourth-order valence-corrected chi connectivity index (χ4v) is 3.55. The van der Waals surface area contributed by atoms with Crippen LogP contribution >= 0.6 is 0 Å². The molecular weight excluding hydrogens is 454 g/mol. The monoisotopic (exact) mass is 499 g/mol. The average Bonchev–Trinajstić information content (AvgIpc) is 2.74. The van der Waals surface area contributed by atoms with Crippen molar-refractivity contribution in [3.63, 3.8) is 0 Å². The zero-order valence-corrected chi connectivity index (χ0v) is 22.6. The van der Waals surface area contributed by atoms with Crippen molar-refractivity contribution in [2.24, 2.45) is 11.7 Å². The summed E-state index contributed by atoms with van der Waals surface area (Å²) in [4.78, 5) is 61.9. The van der Waals surface area contributed by atoms with Crippen LogP contribution < -0.4 is 16.4 Å². The van der Waals surface area contributed by atoms with E-state index in [1.165, 1.54) is 13.8 Å². The maximum atomic E-state index is 13.2. The number of nitrogens with two attached hydrogens (primary N) is 1. The van der Waals surface area contributed by atoms with Gasteiger partial charge in [-0.25, -0.2) is 4.79 Å². The molecule has 0 heterocycles. The summed E-state index contributed by atoms with van der Waals surface area (Å²) in [5.41, 5.74) is 5.45. The number of carbonyl (C=O) groups is 5. The van der Waals surface area contributed by atoms with Crippen LogP contribution in [0.4, 0.5) is 0 Å². The molecule has 2 amide bonds. The highest BCUT2D eigenvalue weighted by Gasteiger charge is 2.34. The highest BCUT2D eigenvalue weighted by Crippen LogP contribution is 2.17. The molecule has 1 unspecified atom stereocenters. The molecule has 0 aromatic heterocycles. The lowest BCUT2D eigenvalue weighted by atomic mass is 9.95. The van der Waals surface area contributed by atoms with Crippen molar-refractivity contribution in [2.75, 3.05) is 7.11 Å². The van der Waals surface area contributed by atoms with Crippen LogP contribution in [0, 0.1) is 5.92 Å². The van der Waals surface area contributed by atoms with Crippen molar-refractivity contribution in [3.05, 3.63) is 0 Å². The number of nitrogens with one attached hydrogen (secondary N) is 2. The molecule has 4 N–H and O–H groups in total. The van der Waals surface area contributed by atoms with Crippen LogP contribution in [0.3, 0.4) is 0 Å². The van der Waals surface area contributed by atoms with Crippen LogP contribution in [-0.4, -0.2) is 66.3 Å². The lowest BCUT2D eigenvalue weighted by Gasteiger charge is -2.31. The molecule has 5 atom stereocenters. The zero-order chi connectivity index (χ0) is 27.3. The van der Waals surface area contributed by atoms with Crippen LogP contribution in [-0.2, 0) is 33.4 Å². The Hall–Kier alpha value is -2.33. The number of methoxy groups -OCH3 is 1. The SMILES string of the molecule is CCCCC[C@H](N)C(=O)N[C@H](C(=O)C[C@@H](C)C(=O)N[C@@H](CC(C)=O)C(=O)OC)C(C)OC(C)(C)C. The Morgan fingerprint density at radius 1 is 0.943 bits per heavy atom. The minimum absolute atomic E-state index is 0.215. The smallest absolute Gasteiger partial charge is 0.328 e. The Morgan fingerprint density at radius 3 is 2.03 bits per heavy atom. The largest absolute Gasteiger partial charge is 0.467 e. The van der Waals surface area contributed by atoms with E-state index in [0.717, 1.165) is 26.4 Å². The molecular formula is C25H45N3O7. The molecule has 0 fully saturated rings. The van der Waals surface area contributed by atoms with E-state index in [-0.39, 0.29) is 18.6 Å². The summed E-state index contributed by atoms with van der Waals surface area (Å²) < 4.78 is 10.6. The molecule has 202 valence electrons. The number of carbonyl (C=O) groups excluding carboxylic acids is 5. The van der Waals surface area contributed by atoms with Crippen molar-refractivity contribution in [1.82, 2.24) is 10.6 Å². The van der Waals surface area contributed by atoms with E-state index in [4.69, 9.17) is 10.5 Å². The molecule has 0 aromatic carbocycles. The molecule has 35 heavy (non-hydrogen) atoms. The summed E-state index contributed by atoms with van der Waals surface area (Å²) in [6.45, 7) is 12.1. The normalized spacial score (nSPS) is 15.8. The number of rotatable bonds is 16. The summed E-state index contributed by atoms with van der Waals surface area (Å²) in [5, 5.41) is 5.19. The Bertz CT molecular complexity index is 733. The minimum atomic E-state index is -1.14. The fraction of sp³-hybridized carbons (Fsp3) is 0.800. The Morgan fingerprint density at radius 2 is 1.54 bits per heavy atom. The molecule has 10 nitrogen and oxygen atoms in total. The van der Waals surface area contributed by atoms with Gasteiger partial charge in [-0.05, 0) is 41.0 Å². The number of hydrogen-bond acceptors (Lipinski definition) is 8. The lowest BCUT2D eigenvalue weighted by molar-refractivity contribution is -0.147. The molecule has 0 aliphatic heterocycles. The molecule has 0 radical (unpaired) electrons. The molecule has 0 saturated heterocycles. The first-order valence-electron chi connectivity index (χ1n) is 12.3. The summed E-state index contributed by atoms with van der Waals surface area (Å²) in [5.74, 6) is -3.31. The van der Waals surface area contributed by atoms with Crippen molar-refractivity contribution < 1.29 is 33.4 Å². The molecule has 0 aliphatic rings. The van der Waals surface area contributed by atoms with Crippen molar-refractivity contribution in [3.8, 4) is 0 Å². The van der Waals surface area contributed by atoms with Gasteiger partial charge in [0.1, 0.15) is 17.9 Å². The third kappa shape index (κ3) is 13.4. The molecule has 0 spiro atoms. The van der Waals surface area contributed by atoms with Gasteiger partial charge in [-0.15, -0.1) is 0 Å². The maximum Gasteiger partial charge on any atom is 0.328 e. The van der Waals surface area contributed by atoms with Gasteiger partial charge in [0.25, 0.3) is 0 Å². The second-order valence-electron chi connectivity index (χ2n) is 10.1. The van der Waals surface area contributed by atoms with E-state index in [0.29, 0.717) is 6.42 Å². The molecule has 0 bridgehead atoms. The third-order valence-corrected chi connectivity index (χ3v) is 5.36. The number of ether oxygens (including phenoxy) is 2. The van der Waals surface area contributed by atoms with Gasteiger partial charge < -0.3 is 25.8 Å². The summed E-state index contributed by atoms with van der Waals surface area (Å²) in [6, 6.07) is -2.91. The van der Waals surface area contributed by atoms with Gasteiger partial charge in [0.05, 0.1) is 24.9 Å². The number of hydrogen-bond donors (Lipinski definition) is 3. The van der Waals surface area contributed by atoms with Crippen molar-refractivity contribution in [2.45, 2.75) is 117 Å². The second-order valence-corrected chi connectivity index (χ2v) is 10.1. The van der Waals surface area contributed by atoms with Crippen molar-refractivity contribution >= 4 is 29.4 Å². The third-order valence-electron chi connectivity index (χ3n) is 5.36. The van der Waals surface area contributed by atoms with Gasteiger partial charge in [-0.1, -0.05) is 33.1 Å². The Balaban J connectivity index is 5.44. The van der Waals surface area contributed by atoms with Gasteiger partial charge in [-0.3, -0.25) is 19.2 Å². The number of esters is 1. The van der Waals surface area contributed by atoms with Crippen molar-refractivity contribution in [1.29, 1.82) is 0 Å². The fourth-order valence-electron chi connectivity index (χ4n) is 3.55. The van der Waals surface area contributed by atoms with Gasteiger partial charge in [-0.2, -0.15) is 0 Å². The first kappa shape index (κ1) is 32.7. The topological polar surface area (TPSA) is 154 Å². The summed E-state index contributed by atoms with van der Waals surface area (Å²) in [6.07, 6.45) is 2.14. The summed E-state index contributed by atoms with van der Waals surface area (Å²) in [7, 11) is 1.16. The van der Waals surface area contributed by atoms with Gasteiger partial charge in [0.15, 0.2) is 5.78 Å². The molecule has 0 saturated carbocycles. The molecule has 10 heteroatoms.